The molecule has 1 unspecified atom stereocenters. The van der Waals surface area contributed by atoms with Gasteiger partial charge in [0, 0.05) is 19.6 Å². The lowest BCUT2D eigenvalue weighted by Gasteiger charge is -2.09. The average molecular weight is 293 g/mol. The summed E-state index contributed by atoms with van der Waals surface area (Å²) in [6.45, 7) is 6.37. The standard InChI is InChI=1S/C17H27NO3/c1-14-12-20-16-7-6-15(11-17(16)21-13-14)5-3-4-8-18-9-10-19-2/h6-7,11,14,18H,3-5,8-10,12-13H2,1-2H3. The van der Waals surface area contributed by atoms with Crippen molar-refractivity contribution in [1.29, 1.82) is 0 Å². The molecule has 4 nitrogen and oxygen atoms in total. The Kier molecular flexibility index (Phi) is 6.83. The maximum absolute atomic E-state index is 5.82. The average Bonchev–Trinajstić information content (AvgIpc) is 2.68. The molecule has 1 aromatic rings. The summed E-state index contributed by atoms with van der Waals surface area (Å²) in [4.78, 5) is 0. The van der Waals surface area contributed by atoms with Crippen LogP contribution in [0.1, 0.15) is 25.3 Å². The molecule has 0 saturated carbocycles. The van der Waals surface area contributed by atoms with E-state index in [1.807, 2.05) is 6.07 Å². The highest BCUT2D eigenvalue weighted by atomic mass is 16.5. The molecule has 118 valence electrons. The highest BCUT2D eigenvalue weighted by Gasteiger charge is 2.14. The van der Waals surface area contributed by atoms with Gasteiger partial charge in [-0.3, -0.25) is 0 Å². The first-order valence-electron chi connectivity index (χ1n) is 7.88. The van der Waals surface area contributed by atoms with E-state index in [-0.39, 0.29) is 0 Å². The minimum Gasteiger partial charge on any atom is -0.489 e. The molecule has 1 aliphatic heterocycles. The van der Waals surface area contributed by atoms with Gasteiger partial charge >= 0.3 is 0 Å². The highest BCUT2D eigenvalue weighted by molar-refractivity contribution is 5.43. The third-order valence-corrected chi connectivity index (χ3v) is 3.61. The molecular formula is C17H27NO3. The number of unbranched alkanes of at least 4 members (excludes halogenated alkanes) is 1. The molecule has 1 N–H and O–H groups in total. The van der Waals surface area contributed by atoms with Crippen LogP contribution in [0.15, 0.2) is 18.2 Å². The number of methoxy groups -OCH3 is 1. The molecule has 0 saturated heterocycles. The predicted molar refractivity (Wildman–Crippen MR) is 84.3 cm³/mol. The van der Waals surface area contributed by atoms with Crippen molar-refractivity contribution in [3.05, 3.63) is 23.8 Å². The molecule has 1 aromatic carbocycles. The van der Waals surface area contributed by atoms with Crippen molar-refractivity contribution in [3.8, 4) is 11.5 Å². The van der Waals surface area contributed by atoms with Gasteiger partial charge in [-0.1, -0.05) is 13.0 Å². The molecule has 1 atom stereocenters. The Bertz CT molecular complexity index is 422. The molecule has 21 heavy (non-hydrogen) atoms. The Morgan fingerprint density at radius 3 is 2.76 bits per heavy atom. The molecule has 0 fully saturated rings. The number of rotatable bonds is 8. The second-order valence-corrected chi connectivity index (χ2v) is 5.71. The number of hydrogen-bond acceptors (Lipinski definition) is 4. The van der Waals surface area contributed by atoms with E-state index < -0.39 is 0 Å². The second-order valence-electron chi connectivity index (χ2n) is 5.71. The smallest absolute Gasteiger partial charge is 0.161 e. The molecule has 2 rings (SSSR count). The Morgan fingerprint density at radius 2 is 1.95 bits per heavy atom. The quantitative estimate of drug-likeness (QED) is 0.748. The lowest BCUT2D eigenvalue weighted by molar-refractivity contribution is 0.199. The topological polar surface area (TPSA) is 39.7 Å². The largest absolute Gasteiger partial charge is 0.489 e. The minimum atomic E-state index is 0.444. The Hall–Kier alpha value is -1.26. The van der Waals surface area contributed by atoms with Crippen LogP contribution >= 0.6 is 0 Å². The molecule has 0 radical (unpaired) electrons. The molecule has 0 amide bonds. The van der Waals surface area contributed by atoms with Gasteiger partial charge in [-0.2, -0.15) is 0 Å². The van der Waals surface area contributed by atoms with Crippen LogP contribution < -0.4 is 14.8 Å². The molecule has 0 bridgehead atoms. The normalized spacial score (nSPS) is 17.5. The molecule has 1 aliphatic rings. The number of nitrogens with one attached hydrogen (secondary N) is 1. The first-order chi connectivity index (χ1) is 10.3. The Morgan fingerprint density at radius 1 is 1.14 bits per heavy atom. The van der Waals surface area contributed by atoms with E-state index in [0.717, 1.165) is 50.8 Å². The summed E-state index contributed by atoms with van der Waals surface area (Å²) in [6, 6.07) is 6.32. The van der Waals surface area contributed by atoms with Crippen molar-refractivity contribution in [1.82, 2.24) is 5.32 Å². The van der Waals surface area contributed by atoms with E-state index in [2.05, 4.69) is 24.4 Å². The van der Waals surface area contributed by atoms with Gasteiger partial charge in [0.15, 0.2) is 11.5 Å². The van der Waals surface area contributed by atoms with Gasteiger partial charge in [-0.05, 0) is 43.5 Å². The maximum atomic E-state index is 5.82. The van der Waals surface area contributed by atoms with Crippen LogP contribution in [0.25, 0.3) is 0 Å². The fraction of sp³-hybridized carbons (Fsp3) is 0.647. The van der Waals surface area contributed by atoms with Crippen molar-refractivity contribution in [2.45, 2.75) is 26.2 Å². The van der Waals surface area contributed by atoms with Crippen LogP contribution in [0, 0.1) is 5.92 Å². The zero-order valence-corrected chi connectivity index (χ0v) is 13.2. The Labute approximate surface area is 127 Å². The summed E-state index contributed by atoms with van der Waals surface area (Å²) in [5.74, 6) is 2.22. The second kappa shape index (κ2) is 8.90. The summed E-state index contributed by atoms with van der Waals surface area (Å²) in [7, 11) is 1.73. The van der Waals surface area contributed by atoms with E-state index in [1.165, 1.54) is 18.4 Å². The molecule has 0 spiro atoms. The summed E-state index contributed by atoms with van der Waals surface area (Å²) < 4.78 is 16.6. The number of ether oxygens (including phenoxy) is 3. The number of hydrogen-bond donors (Lipinski definition) is 1. The third-order valence-electron chi connectivity index (χ3n) is 3.61. The lowest BCUT2D eigenvalue weighted by Crippen LogP contribution is -2.20. The highest BCUT2D eigenvalue weighted by Crippen LogP contribution is 2.31. The summed E-state index contributed by atoms with van der Waals surface area (Å²) in [6.07, 6.45) is 3.43. The minimum absolute atomic E-state index is 0.444. The number of aryl methyl sites for hydroxylation is 1. The molecule has 0 aliphatic carbocycles. The predicted octanol–water partition coefficient (Wildman–Crippen LogP) is 2.65. The van der Waals surface area contributed by atoms with E-state index >= 15 is 0 Å². The van der Waals surface area contributed by atoms with Crippen LogP contribution in [-0.2, 0) is 11.2 Å². The number of benzene rings is 1. The molecule has 0 aromatic heterocycles. The molecule has 4 heteroatoms. The van der Waals surface area contributed by atoms with Gasteiger partial charge < -0.3 is 19.5 Å². The van der Waals surface area contributed by atoms with E-state index in [1.54, 1.807) is 7.11 Å². The lowest BCUT2D eigenvalue weighted by atomic mass is 10.1. The number of fused-ring (bicyclic) bond motifs is 1. The summed E-state index contributed by atoms with van der Waals surface area (Å²) in [5, 5.41) is 3.37. The van der Waals surface area contributed by atoms with Crippen LogP contribution in [-0.4, -0.2) is 40.0 Å². The van der Waals surface area contributed by atoms with E-state index in [4.69, 9.17) is 14.2 Å². The van der Waals surface area contributed by atoms with Gasteiger partial charge in [-0.15, -0.1) is 0 Å². The van der Waals surface area contributed by atoms with Crippen LogP contribution in [0.2, 0.25) is 0 Å². The van der Waals surface area contributed by atoms with Gasteiger partial charge in [0.2, 0.25) is 0 Å². The monoisotopic (exact) mass is 293 g/mol. The maximum Gasteiger partial charge on any atom is 0.161 e. The van der Waals surface area contributed by atoms with E-state index in [0.29, 0.717) is 5.92 Å². The first-order valence-corrected chi connectivity index (χ1v) is 7.88. The fourth-order valence-electron chi connectivity index (χ4n) is 2.33. The van der Waals surface area contributed by atoms with Crippen molar-refractivity contribution in [2.75, 3.05) is 40.0 Å². The van der Waals surface area contributed by atoms with Crippen molar-refractivity contribution < 1.29 is 14.2 Å². The Balaban J connectivity index is 1.72. The summed E-state index contributed by atoms with van der Waals surface area (Å²) in [5.41, 5.74) is 1.32. The summed E-state index contributed by atoms with van der Waals surface area (Å²) >= 11 is 0. The SMILES string of the molecule is COCCNCCCCc1ccc2c(c1)OCC(C)CO2. The van der Waals surface area contributed by atoms with Gasteiger partial charge in [-0.25, -0.2) is 0 Å². The van der Waals surface area contributed by atoms with E-state index in [9.17, 15) is 0 Å². The van der Waals surface area contributed by atoms with Crippen LogP contribution in [0.4, 0.5) is 0 Å². The third kappa shape index (κ3) is 5.56. The fourth-order valence-corrected chi connectivity index (χ4v) is 2.33. The van der Waals surface area contributed by atoms with Crippen LogP contribution in [0.5, 0.6) is 11.5 Å². The zero-order chi connectivity index (χ0) is 14.9. The molecular weight excluding hydrogens is 266 g/mol. The van der Waals surface area contributed by atoms with Gasteiger partial charge in [0.05, 0.1) is 19.8 Å². The zero-order valence-electron chi connectivity index (χ0n) is 13.2. The van der Waals surface area contributed by atoms with Gasteiger partial charge in [0.1, 0.15) is 0 Å². The van der Waals surface area contributed by atoms with Crippen molar-refractivity contribution in [2.24, 2.45) is 5.92 Å². The molecule has 1 heterocycles. The van der Waals surface area contributed by atoms with Crippen molar-refractivity contribution in [3.63, 3.8) is 0 Å². The van der Waals surface area contributed by atoms with Crippen LogP contribution in [0.3, 0.4) is 0 Å². The first kappa shape index (κ1) is 16.1. The van der Waals surface area contributed by atoms with Gasteiger partial charge in [0.25, 0.3) is 0 Å². The van der Waals surface area contributed by atoms with Crippen molar-refractivity contribution >= 4 is 0 Å².